The standard InChI is InChI=1S/C19H16N4O3S/c1-2-14(18(25)26)23-15-5-3-4-6-16(15)27-19(23)22-17(24)11-7-8-12-13(9-11)21-10-20-12/h3-10,14H,2H2,1H3,(H,20,21)(H,25,26). The molecule has 0 saturated heterocycles. The molecule has 1 unspecified atom stereocenters. The van der Waals surface area contributed by atoms with Crippen molar-refractivity contribution < 1.29 is 14.7 Å². The van der Waals surface area contributed by atoms with E-state index in [-0.39, 0.29) is 0 Å². The smallest absolute Gasteiger partial charge is 0.326 e. The molecule has 8 heteroatoms. The van der Waals surface area contributed by atoms with Crippen molar-refractivity contribution in [1.29, 1.82) is 0 Å². The van der Waals surface area contributed by atoms with Crippen molar-refractivity contribution in [2.75, 3.05) is 0 Å². The van der Waals surface area contributed by atoms with Gasteiger partial charge >= 0.3 is 5.97 Å². The lowest BCUT2D eigenvalue weighted by Gasteiger charge is -2.13. The van der Waals surface area contributed by atoms with Crippen molar-refractivity contribution in [1.82, 2.24) is 14.5 Å². The number of thiazole rings is 1. The zero-order valence-electron chi connectivity index (χ0n) is 14.4. The quantitative estimate of drug-likeness (QED) is 0.567. The number of amides is 1. The molecule has 0 radical (unpaired) electrons. The summed E-state index contributed by atoms with van der Waals surface area (Å²) >= 11 is 1.30. The van der Waals surface area contributed by atoms with E-state index in [2.05, 4.69) is 15.0 Å². The molecule has 0 bridgehead atoms. The zero-order valence-corrected chi connectivity index (χ0v) is 15.2. The zero-order chi connectivity index (χ0) is 19.0. The molecule has 2 aromatic heterocycles. The first-order valence-corrected chi connectivity index (χ1v) is 9.25. The Kier molecular flexibility index (Phi) is 4.33. The number of fused-ring (bicyclic) bond motifs is 2. The van der Waals surface area contributed by atoms with E-state index in [0.717, 1.165) is 15.7 Å². The molecule has 4 rings (SSSR count). The van der Waals surface area contributed by atoms with Crippen molar-refractivity contribution in [2.45, 2.75) is 19.4 Å². The Bertz CT molecular complexity index is 1230. The van der Waals surface area contributed by atoms with Gasteiger partial charge in [0.25, 0.3) is 5.91 Å². The predicted molar refractivity (Wildman–Crippen MR) is 103 cm³/mol. The van der Waals surface area contributed by atoms with Crippen LogP contribution in [0.4, 0.5) is 0 Å². The van der Waals surface area contributed by atoms with Crippen LogP contribution in [0.3, 0.4) is 0 Å². The molecule has 0 spiro atoms. The minimum absolute atomic E-state index is 0.373. The number of carbonyl (C=O) groups excluding carboxylic acids is 1. The van der Waals surface area contributed by atoms with E-state index in [1.54, 1.807) is 36.0 Å². The highest BCUT2D eigenvalue weighted by molar-refractivity contribution is 7.16. The number of H-pyrrole nitrogens is 1. The molecule has 27 heavy (non-hydrogen) atoms. The summed E-state index contributed by atoms with van der Waals surface area (Å²) in [6, 6.07) is 11.8. The molecule has 1 amide bonds. The second kappa shape index (κ2) is 6.81. The van der Waals surface area contributed by atoms with Gasteiger partial charge in [-0.1, -0.05) is 30.4 Å². The van der Waals surface area contributed by atoms with Gasteiger partial charge in [0.1, 0.15) is 6.04 Å². The van der Waals surface area contributed by atoms with Crippen LogP contribution < -0.4 is 4.80 Å². The number of carbonyl (C=O) groups is 2. The Labute approximate surface area is 157 Å². The van der Waals surface area contributed by atoms with E-state index in [1.807, 2.05) is 24.3 Å². The summed E-state index contributed by atoms with van der Waals surface area (Å²) in [7, 11) is 0. The van der Waals surface area contributed by atoms with Crippen molar-refractivity contribution in [3.8, 4) is 0 Å². The largest absolute Gasteiger partial charge is 0.480 e. The van der Waals surface area contributed by atoms with Crippen molar-refractivity contribution in [3.63, 3.8) is 0 Å². The summed E-state index contributed by atoms with van der Waals surface area (Å²) in [6.07, 6.45) is 1.95. The van der Waals surface area contributed by atoms with Gasteiger partial charge < -0.3 is 14.7 Å². The molecule has 1 atom stereocenters. The van der Waals surface area contributed by atoms with Crippen LogP contribution in [-0.2, 0) is 4.79 Å². The van der Waals surface area contributed by atoms with Crippen LogP contribution in [0.1, 0.15) is 29.7 Å². The molecule has 0 aliphatic carbocycles. The fraction of sp³-hybridized carbons (Fsp3) is 0.158. The van der Waals surface area contributed by atoms with E-state index in [0.29, 0.717) is 22.3 Å². The predicted octanol–water partition coefficient (Wildman–Crippen LogP) is 3.36. The molecular formula is C19H16N4O3S. The summed E-state index contributed by atoms with van der Waals surface area (Å²) in [5.74, 6) is -1.38. The Hall–Kier alpha value is -3.26. The van der Waals surface area contributed by atoms with Crippen molar-refractivity contribution in [2.24, 2.45) is 4.99 Å². The molecule has 0 fully saturated rings. The normalized spacial score (nSPS) is 13.3. The van der Waals surface area contributed by atoms with Gasteiger partial charge in [-0.3, -0.25) is 4.79 Å². The lowest BCUT2D eigenvalue weighted by molar-refractivity contribution is -0.140. The number of carboxylic acid groups (broad SMARTS) is 1. The average Bonchev–Trinajstić information content (AvgIpc) is 3.26. The second-order valence-electron chi connectivity index (χ2n) is 6.04. The van der Waals surface area contributed by atoms with E-state index < -0.39 is 17.9 Å². The number of aliphatic carboxylic acids is 1. The van der Waals surface area contributed by atoms with E-state index >= 15 is 0 Å². The highest BCUT2D eigenvalue weighted by atomic mass is 32.1. The molecule has 2 aromatic carbocycles. The monoisotopic (exact) mass is 380 g/mol. The fourth-order valence-electron chi connectivity index (χ4n) is 3.05. The maximum absolute atomic E-state index is 12.7. The maximum Gasteiger partial charge on any atom is 0.326 e. The van der Waals surface area contributed by atoms with Crippen LogP contribution in [0, 0.1) is 0 Å². The van der Waals surface area contributed by atoms with Crippen LogP contribution >= 0.6 is 11.3 Å². The SMILES string of the molecule is CCC(C(=O)O)n1c(=NC(=O)c2ccc3[nH]cnc3c2)sc2ccccc21. The number of aromatic amines is 1. The van der Waals surface area contributed by atoms with Crippen LogP contribution in [0.2, 0.25) is 0 Å². The van der Waals surface area contributed by atoms with Crippen LogP contribution in [0.25, 0.3) is 21.3 Å². The molecule has 136 valence electrons. The van der Waals surface area contributed by atoms with Gasteiger partial charge in [0.05, 0.1) is 27.6 Å². The Morgan fingerprint density at radius 3 is 2.89 bits per heavy atom. The lowest BCUT2D eigenvalue weighted by atomic mass is 10.2. The molecular weight excluding hydrogens is 364 g/mol. The van der Waals surface area contributed by atoms with Gasteiger partial charge in [-0.2, -0.15) is 4.99 Å². The lowest BCUT2D eigenvalue weighted by Crippen LogP contribution is -2.27. The summed E-state index contributed by atoms with van der Waals surface area (Å²) in [5.41, 5.74) is 2.67. The molecule has 0 aliphatic rings. The highest BCUT2D eigenvalue weighted by Crippen LogP contribution is 2.22. The van der Waals surface area contributed by atoms with Crippen LogP contribution in [-0.4, -0.2) is 31.5 Å². The summed E-state index contributed by atoms with van der Waals surface area (Å²) in [4.78, 5) is 36.2. The molecule has 2 N–H and O–H groups in total. The average molecular weight is 380 g/mol. The number of rotatable bonds is 4. The number of aromatic nitrogens is 3. The maximum atomic E-state index is 12.7. The van der Waals surface area contributed by atoms with E-state index in [1.165, 1.54) is 11.3 Å². The number of nitrogens with one attached hydrogen (secondary N) is 1. The second-order valence-corrected chi connectivity index (χ2v) is 7.05. The number of benzene rings is 2. The van der Waals surface area contributed by atoms with Gasteiger partial charge in [0, 0.05) is 5.56 Å². The number of nitrogens with zero attached hydrogens (tertiary/aromatic N) is 3. The number of para-hydroxylation sites is 1. The summed E-state index contributed by atoms with van der Waals surface area (Å²) in [5, 5.41) is 9.62. The topological polar surface area (TPSA) is 100 Å². The summed E-state index contributed by atoms with van der Waals surface area (Å²) < 4.78 is 2.51. The van der Waals surface area contributed by atoms with Crippen LogP contribution in [0.5, 0.6) is 0 Å². The molecule has 4 aromatic rings. The highest BCUT2D eigenvalue weighted by Gasteiger charge is 2.22. The number of hydrogen-bond acceptors (Lipinski definition) is 4. The minimum Gasteiger partial charge on any atom is -0.480 e. The van der Waals surface area contributed by atoms with Gasteiger partial charge in [0.2, 0.25) is 0 Å². The van der Waals surface area contributed by atoms with Gasteiger partial charge in [-0.25, -0.2) is 9.78 Å². The Balaban J connectivity index is 1.89. The van der Waals surface area contributed by atoms with Gasteiger partial charge in [-0.15, -0.1) is 0 Å². The number of imidazole rings is 1. The number of carboxylic acids is 1. The first-order valence-electron chi connectivity index (χ1n) is 8.43. The third-order valence-electron chi connectivity index (χ3n) is 4.38. The third-order valence-corrected chi connectivity index (χ3v) is 5.42. The van der Waals surface area contributed by atoms with Gasteiger partial charge in [0.15, 0.2) is 4.80 Å². The van der Waals surface area contributed by atoms with Crippen LogP contribution in [0.15, 0.2) is 53.8 Å². The van der Waals surface area contributed by atoms with E-state index in [9.17, 15) is 14.7 Å². The molecule has 7 nitrogen and oxygen atoms in total. The Morgan fingerprint density at radius 2 is 2.11 bits per heavy atom. The molecule has 0 aliphatic heterocycles. The molecule has 0 saturated carbocycles. The van der Waals surface area contributed by atoms with Gasteiger partial charge in [-0.05, 0) is 36.8 Å². The number of hydrogen-bond donors (Lipinski definition) is 2. The summed E-state index contributed by atoms with van der Waals surface area (Å²) in [6.45, 7) is 1.80. The van der Waals surface area contributed by atoms with Crippen molar-refractivity contribution >= 4 is 44.5 Å². The first-order chi connectivity index (χ1) is 13.1. The minimum atomic E-state index is -0.951. The molecule has 2 heterocycles. The first kappa shape index (κ1) is 17.2. The fourth-order valence-corrected chi connectivity index (χ4v) is 4.12. The van der Waals surface area contributed by atoms with E-state index in [4.69, 9.17) is 0 Å². The Morgan fingerprint density at radius 1 is 1.30 bits per heavy atom. The van der Waals surface area contributed by atoms with Crippen molar-refractivity contribution in [3.05, 3.63) is 59.2 Å². The third kappa shape index (κ3) is 3.04.